The van der Waals surface area contributed by atoms with Crippen molar-refractivity contribution in [2.75, 3.05) is 0 Å². The predicted molar refractivity (Wildman–Crippen MR) is 105 cm³/mol. The molecule has 0 saturated carbocycles. The first-order chi connectivity index (χ1) is 13.7. The minimum atomic E-state index is -0.151. The molecule has 28 heavy (non-hydrogen) atoms. The number of benzene rings is 2. The van der Waals surface area contributed by atoms with Crippen LogP contribution in [0.1, 0.15) is 28.5 Å². The lowest BCUT2D eigenvalue weighted by Crippen LogP contribution is -2.22. The molecule has 1 amide bonds. The Labute approximate surface area is 161 Å². The van der Waals surface area contributed by atoms with Gasteiger partial charge in [0.2, 0.25) is 0 Å². The summed E-state index contributed by atoms with van der Waals surface area (Å²) in [6, 6.07) is 15.6. The van der Waals surface area contributed by atoms with Crippen molar-refractivity contribution in [1.29, 1.82) is 0 Å². The average molecular weight is 373 g/mol. The maximum absolute atomic E-state index is 12.5. The van der Waals surface area contributed by atoms with Gasteiger partial charge in [-0.1, -0.05) is 35.5 Å². The van der Waals surface area contributed by atoms with Gasteiger partial charge in [0, 0.05) is 35.2 Å². The predicted octanol–water partition coefficient (Wildman–Crippen LogP) is 4.08. The summed E-state index contributed by atoms with van der Waals surface area (Å²) in [5.41, 5.74) is 4.34. The molecular formula is C22H19N3O3. The fourth-order valence-corrected chi connectivity index (χ4v) is 3.61. The van der Waals surface area contributed by atoms with Crippen LogP contribution >= 0.6 is 0 Å². The van der Waals surface area contributed by atoms with E-state index in [0.29, 0.717) is 23.6 Å². The molecule has 6 nitrogen and oxygen atoms in total. The molecular weight excluding hydrogens is 354 g/mol. The number of fused-ring (bicyclic) bond motifs is 2. The van der Waals surface area contributed by atoms with E-state index in [1.807, 2.05) is 42.5 Å². The maximum Gasteiger partial charge on any atom is 0.253 e. The standard InChI is InChI=1S/C22H19N3O3/c1-13-8-14-6-7-15(9-20(14)27-13)21-10-16(25-28-21)11-24-22(26)18-12-23-19-5-3-2-4-17(18)19/h2-7,9-10,12-13,23H,8,11H2,1H3,(H,24,26). The molecule has 0 radical (unpaired) electrons. The second kappa shape index (κ2) is 6.56. The number of ether oxygens (including phenoxy) is 1. The summed E-state index contributed by atoms with van der Waals surface area (Å²) >= 11 is 0. The molecule has 1 aliphatic heterocycles. The molecule has 0 spiro atoms. The van der Waals surface area contributed by atoms with Gasteiger partial charge in [0.05, 0.1) is 12.1 Å². The third-order valence-corrected chi connectivity index (χ3v) is 5.01. The third kappa shape index (κ3) is 2.93. The van der Waals surface area contributed by atoms with Crippen molar-refractivity contribution in [3.05, 3.63) is 71.5 Å². The summed E-state index contributed by atoms with van der Waals surface area (Å²) in [6.07, 6.45) is 2.85. The van der Waals surface area contributed by atoms with E-state index in [-0.39, 0.29) is 12.0 Å². The minimum Gasteiger partial charge on any atom is -0.490 e. The number of hydrogen-bond donors (Lipinski definition) is 2. The molecule has 3 heterocycles. The molecule has 1 atom stereocenters. The molecule has 2 N–H and O–H groups in total. The van der Waals surface area contributed by atoms with Gasteiger partial charge in [-0.2, -0.15) is 0 Å². The monoisotopic (exact) mass is 373 g/mol. The first-order valence-corrected chi connectivity index (χ1v) is 9.27. The molecule has 2 aromatic carbocycles. The lowest BCUT2D eigenvalue weighted by atomic mass is 10.1. The van der Waals surface area contributed by atoms with Crippen LogP contribution in [-0.4, -0.2) is 22.2 Å². The van der Waals surface area contributed by atoms with Crippen LogP contribution in [0, 0.1) is 0 Å². The Kier molecular flexibility index (Phi) is 3.90. The second-order valence-corrected chi connectivity index (χ2v) is 7.07. The molecule has 2 aromatic heterocycles. The SMILES string of the molecule is CC1Cc2ccc(-c3cc(CNC(=O)c4c[nH]c5ccccc45)no3)cc2O1. The topological polar surface area (TPSA) is 80.2 Å². The van der Waals surface area contributed by atoms with Gasteiger partial charge in [0.25, 0.3) is 5.91 Å². The number of aromatic amines is 1. The van der Waals surface area contributed by atoms with E-state index in [1.54, 1.807) is 6.20 Å². The number of rotatable bonds is 4. The number of nitrogens with zero attached hydrogens (tertiary/aromatic N) is 1. The van der Waals surface area contributed by atoms with Crippen molar-refractivity contribution < 1.29 is 14.1 Å². The molecule has 6 heteroatoms. The van der Waals surface area contributed by atoms with Gasteiger partial charge >= 0.3 is 0 Å². The highest BCUT2D eigenvalue weighted by atomic mass is 16.5. The summed E-state index contributed by atoms with van der Waals surface area (Å²) in [6.45, 7) is 2.35. The van der Waals surface area contributed by atoms with Crippen molar-refractivity contribution in [3.63, 3.8) is 0 Å². The van der Waals surface area contributed by atoms with Crippen LogP contribution in [0.2, 0.25) is 0 Å². The van der Waals surface area contributed by atoms with E-state index in [1.165, 1.54) is 5.56 Å². The Morgan fingerprint density at radius 2 is 2.14 bits per heavy atom. The maximum atomic E-state index is 12.5. The number of aromatic nitrogens is 2. The van der Waals surface area contributed by atoms with Crippen molar-refractivity contribution in [2.45, 2.75) is 26.0 Å². The van der Waals surface area contributed by atoms with E-state index >= 15 is 0 Å². The first kappa shape index (κ1) is 16.6. The van der Waals surface area contributed by atoms with Crippen LogP contribution in [0.5, 0.6) is 5.75 Å². The number of carbonyl (C=O) groups excluding carboxylic acids is 1. The smallest absolute Gasteiger partial charge is 0.253 e. The van der Waals surface area contributed by atoms with Gasteiger partial charge in [0.1, 0.15) is 17.5 Å². The molecule has 1 unspecified atom stereocenters. The van der Waals surface area contributed by atoms with Crippen LogP contribution in [0.25, 0.3) is 22.2 Å². The van der Waals surface area contributed by atoms with Crippen molar-refractivity contribution >= 4 is 16.8 Å². The number of amides is 1. The lowest BCUT2D eigenvalue weighted by molar-refractivity contribution is 0.0952. The van der Waals surface area contributed by atoms with Gasteiger partial charge in [-0.3, -0.25) is 4.79 Å². The van der Waals surface area contributed by atoms with Gasteiger partial charge < -0.3 is 19.6 Å². The van der Waals surface area contributed by atoms with Crippen LogP contribution < -0.4 is 10.1 Å². The minimum absolute atomic E-state index is 0.151. The first-order valence-electron chi connectivity index (χ1n) is 9.27. The molecule has 0 bridgehead atoms. The van der Waals surface area contributed by atoms with Crippen LogP contribution in [-0.2, 0) is 13.0 Å². The Morgan fingerprint density at radius 1 is 1.25 bits per heavy atom. The fraction of sp³-hybridized carbons (Fsp3) is 0.182. The zero-order valence-corrected chi connectivity index (χ0v) is 15.4. The number of nitrogens with one attached hydrogen (secondary N) is 2. The van der Waals surface area contributed by atoms with E-state index < -0.39 is 0 Å². The van der Waals surface area contributed by atoms with Crippen molar-refractivity contribution in [3.8, 4) is 17.1 Å². The molecule has 0 saturated heterocycles. The zero-order valence-electron chi connectivity index (χ0n) is 15.4. The molecule has 4 aromatic rings. The summed E-state index contributed by atoms with van der Waals surface area (Å²) in [5.74, 6) is 1.40. The van der Waals surface area contributed by atoms with Crippen molar-refractivity contribution in [1.82, 2.24) is 15.5 Å². The Balaban J connectivity index is 1.29. The molecule has 5 rings (SSSR count). The Hall–Kier alpha value is -3.54. The summed E-state index contributed by atoms with van der Waals surface area (Å²) in [7, 11) is 0. The van der Waals surface area contributed by atoms with Crippen molar-refractivity contribution in [2.24, 2.45) is 0 Å². The van der Waals surface area contributed by atoms with Crippen LogP contribution in [0.15, 0.2) is 59.3 Å². The van der Waals surface area contributed by atoms with E-state index in [9.17, 15) is 4.79 Å². The van der Waals surface area contributed by atoms with Gasteiger partial charge in [-0.25, -0.2) is 0 Å². The molecule has 0 fully saturated rings. The fourth-order valence-electron chi connectivity index (χ4n) is 3.61. The third-order valence-electron chi connectivity index (χ3n) is 5.01. The lowest BCUT2D eigenvalue weighted by Gasteiger charge is -2.03. The molecule has 0 aliphatic carbocycles. The highest BCUT2D eigenvalue weighted by Crippen LogP contribution is 2.33. The molecule has 1 aliphatic rings. The highest BCUT2D eigenvalue weighted by molar-refractivity contribution is 6.06. The second-order valence-electron chi connectivity index (χ2n) is 7.07. The largest absolute Gasteiger partial charge is 0.490 e. The zero-order chi connectivity index (χ0) is 19.1. The Morgan fingerprint density at radius 3 is 3.07 bits per heavy atom. The number of H-pyrrole nitrogens is 1. The number of para-hydroxylation sites is 1. The molecule has 140 valence electrons. The highest BCUT2D eigenvalue weighted by Gasteiger charge is 2.20. The van der Waals surface area contributed by atoms with E-state index in [2.05, 4.69) is 28.4 Å². The van der Waals surface area contributed by atoms with E-state index in [0.717, 1.165) is 28.6 Å². The van der Waals surface area contributed by atoms with Crippen LogP contribution in [0.3, 0.4) is 0 Å². The summed E-state index contributed by atoms with van der Waals surface area (Å²) < 4.78 is 11.3. The van der Waals surface area contributed by atoms with Gasteiger partial charge in [-0.05, 0) is 24.6 Å². The quantitative estimate of drug-likeness (QED) is 0.565. The Bertz CT molecular complexity index is 1170. The number of hydrogen-bond acceptors (Lipinski definition) is 4. The summed E-state index contributed by atoms with van der Waals surface area (Å²) in [5, 5.41) is 7.87. The normalized spacial score (nSPS) is 15.4. The van der Waals surface area contributed by atoms with Gasteiger partial charge in [0.15, 0.2) is 5.76 Å². The number of carbonyl (C=O) groups is 1. The summed E-state index contributed by atoms with van der Waals surface area (Å²) in [4.78, 5) is 15.6. The van der Waals surface area contributed by atoms with E-state index in [4.69, 9.17) is 9.26 Å². The van der Waals surface area contributed by atoms with Crippen LogP contribution in [0.4, 0.5) is 0 Å². The average Bonchev–Trinajstić information content (AvgIpc) is 3.42. The van der Waals surface area contributed by atoms with Gasteiger partial charge in [-0.15, -0.1) is 0 Å².